The van der Waals surface area contributed by atoms with E-state index < -0.39 is 15.8 Å². The van der Waals surface area contributed by atoms with E-state index in [1.807, 2.05) is 13.8 Å². The molecule has 0 spiro atoms. The number of sulfonamides is 1. The molecule has 8 heteroatoms. The smallest absolute Gasteiger partial charge is 0.243 e. The Balaban J connectivity index is 2.18. The fourth-order valence-electron chi connectivity index (χ4n) is 2.51. The topological polar surface area (TPSA) is 57.7 Å². The minimum Gasteiger partial charge on any atom is -0.341 e. The number of benzene rings is 1. The molecule has 0 saturated carbocycles. The van der Waals surface area contributed by atoms with E-state index in [4.69, 9.17) is 11.6 Å². The molecule has 0 aliphatic carbocycles. The lowest BCUT2D eigenvalue weighted by molar-refractivity contribution is -0.134. The number of rotatable bonds is 3. The van der Waals surface area contributed by atoms with Gasteiger partial charge in [0.1, 0.15) is 5.82 Å². The second-order valence-corrected chi connectivity index (χ2v) is 8.16. The summed E-state index contributed by atoms with van der Waals surface area (Å²) >= 11 is 5.68. The molecular formula is C15H20ClFN2O3S. The zero-order valence-corrected chi connectivity index (χ0v) is 14.7. The van der Waals surface area contributed by atoms with Gasteiger partial charge in [0, 0.05) is 32.1 Å². The quantitative estimate of drug-likeness (QED) is 0.829. The van der Waals surface area contributed by atoms with Crippen LogP contribution in [-0.4, -0.2) is 49.7 Å². The van der Waals surface area contributed by atoms with E-state index in [-0.39, 0.29) is 28.3 Å². The molecule has 0 atom stereocenters. The van der Waals surface area contributed by atoms with Crippen LogP contribution in [0, 0.1) is 11.7 Å². The zero-order chi connectivity index (χ0) is 17.2. The summed E-state index contributed by atoms with van der Waals surface area (Å²) in [5.41, 5.74) is 0. The van der Waals surface area contributed by atoms with E-state index in [9.17, 15) is 17.6 Å². The maximum atomic E-state index is 13.2. The van der Waals surface area contributed by atoms with Gasteiger partial charge in [0.15, 0.2) is 0 Å². The van der Waals surface area contributed by atoms with Crippen molar-refractivity contribution in [3.05, 3.63) is 29.0 Å². The molecule has 2 rings (SSSR count). The van der Waals surface area contributed by atoms with Gasteiger partial charge in [-0.2, -0.15) is 4.31 Å². The third kappa shape index (κ3) is 4.02. The summed E-state index contributed by atoms with van der Waals surface area (Å²) in [6, 6.07) is 3.37. The van der Waals surface area contributed by atoms with Gasteiger partial charge >= 0.3 is 0 Å². The molecule has 0 N–H and O–H groups in total. The predicted molar refractivity (Wildman–Crippen MR) is 86.2 cm³/mol. The minimum atomic E-state index is -3.75. The number of carbonyl (C=O) groups is 1. The number of amides is 1. The lowest BCUT2D eigenvalue weighted by Crippen LogP contribution is -2.38. The predicted octanol–water partition coefficient (Wildman–Crippen LogP) is 2.36. The molecule has 0 bridgehead atoms. The molecule has 0 aromatic heterocycles. The standard InChI is InChI=1S/C15H20ClFN2O3S/c1-11(2)15(20)18-6-3-7-19(9-8-18)23(21,22)12-4-5-14(17)13(16)10-12/h4-5,10-11H,3,6-9H2,1-2H3. The van der Waals surface area contributed by atoms with Crippen LogP contribution < -0.4 is 0 Å². The van der Waals surface area contributed by atoms with Gasteiger partial charge in [-0.05, 0) is 24.6 Å². The SMILES string of the molecule is CC(C)C(=O)N1CCCN(S(=O)(=O)c2ccc(F)c(Cl)c2)CC1. The van der Waals surface area contributed by atoms with Crippen LogP contribution in [-0.2, 0) is 14.8 Å². The molecule has 0 unspecified atom stereocenters. The minimum absolute atomic E-state index is 0.0223. The van der Waals surface area contributed by atoms with Gasteiger partial charge in [-0.1, -0.05) is 25.4 Å². The van der Waals surface area contributed by atoms with Crippen LogP contribution in [0.2, 0.25) is 5.02 Å². The number of carbonyl (C=O) groups excluding carboxylic acids is 1. The average molecular weight is 363 g/mol. The van der Waals surface area contributed by atoms with E-state index in [0.29, 0.717) is 26.1 Å². The highest BCUT2D eigenvalue weighted by Crippen LogP contribution is 2.23. The highest BCUT2D eigenvalue weighted by Gasteiger charge is 2.29. The Bertz CT molecular complexity index is 694. The summed E-state index contributed by atoms with van der Waals surface area (Å²) < 4.78 is 39.9. The van der Waals surface area contributed by atoms with Crippen molar-refractivity contribution < 1.29 is 17.6 Å². The second-order valence-electron chi connectivity index (χ2n) is 5.81. The maximum absolute atomic E-state index is 13.2. The van der Waals surface area contributed by atoms with Crippen molar-refractivity contribution in [1.82, 2.24) is 9.21 Å². The van der Waals surface area contributed by atoms with Crippen molar-refractivity contribution in [1.29, 1.82) is 0 Å². The summed E-state index contributed by atoms with van der Waals surface area (Å²) in [7, 11) is -3.75. The average Bonchev–Trinajstić information content (AvgIpc) is 2.75. The largest absolute Gasteiger partial charge is 0.341 e. The van der Waals surface area contributed by atoms with Gasteiger partial charge in [0.2, 0.25) is 15.9 Å². The summed E-state index contributed by atoms with van der Waals surface area (Å²) in [4.78, 5) is 13.7. The Morgan fingerprint density at radius 2 is 1.91 bits per heavy atom. The van der Waals surface area contributed by atoms with E-state index >= 15 is 0 Å². The highest BCUT2D eigenvalue weighted by atomic mass is 35.5. The molecule has 23 heavy (non-hydrogen) atoms. The van der Waals surface area contributed by atoms with E-state index in [2.05, 4.69) is 0 Å². The second kappa shape index (κ2) is 7.15. The Kier molecular flexibility index (Phi) is 5.65. The fourth-order valence-corrected chi connectivity index (χ4v) is 4.25. The van der Waals surface area contributed by atoms with Crippen LogP contribution in [0.1, 0.15) is 20.3 Å². The molecule has 1 saturated heterocycles. The van der Waals surface area contributed by atoms with Crippen molar-refractivity contribution >= 4 is 27.5 Å². The molecule has 1 aromatic rings. The molecule has 5 nitrogen and oxygen atoms in total. The Morgan fingerprint density at radius 3 is 2.52 bits per heavy atom. The summed E-state index contributed by atoms with van der Waals surface area (Å²) in [6.07, 6.45) is 0.562. The Morgan fingerprint density at radius 1 is 1.22 bits per heavy atom. The summed E-state index contributed by atoms with van der Waals surface area (Å²) in [5.74, 6) is -0.752. The van der Waals surface area contributed by atoms with Crippen LogP contribution in [0.5, 0.6) is 0 Å². The van der Waals surface area contributed by atoms with Gasteiger partial charge in [0.05, 0.1) is 9.92 Å². The van der Waals surface area contributed by atoms with E-state index in [0.717, 1.165) is 12.1 Å². The summed E-state index contributed by atoms with van der Waals surface area (Å²) in [6.45, 7) is 5.07. The lowest BCUT2D eigenvalue weighted by atomic mass is 10.2. The highest BCUT2D eigenvalue weighted by molar-refractivity contribution is 7.89. The van der Waals surface area contributed by atoms with Crippen molar-refractivity contribution in [3.63, 3.8) is 0 Å². The van der Waals surface area contributed by atoms with Gasteiger partial charge in [-0.25, -0.2) is 12.8 Å². The van der Waals surface area contributed by atoms with Crippen molar-refractivity contribution in [2.45, 2.75) is 25.2 Å². The van der Waals surface area contributed by atoms with Crippen molar-refractivity contribution in [2.24, 2.45) is 5.92 Å². The van der Waals surface area contributed by atoms with Gasteiger partial charge in [0.25, 0.3) is 0 Å². The number of hydrogen-bond acceptors (Lipinski definition) is 3. The molecule has 1 heterocycles. The normalized spacial score (nSPS) is 17.3. The van der Waals surface area contributed by atoms with Crippen LogP contribution in [0.25, 0.3) is 0 Å². The third-order valence-electron chi connectivity index (χ3n) is 3.79. The molecule has 1 aromatic carbocycles. The number of nitrogens with zero attached hydrogens (tertiary/aromatic N) is 2. The first-order valence-corrected chi connectivity index (χ1v) is 9.29. The lowest BCUT2D eigenvalue weighted by Gasteiger charge is -2.23. The molecular weight excluding hydrogens is 343 g/mol. The first kappa shape index (κ1) is 18.2. The number of halogens is 2. The van der Waals surface area contributed by atoms with Gasteiger partial charge in [-0.3, -0.25) is 4.79 Å². The summed E-state index contributed by atoms with van der Waals surface area (Å²) in [5, 5.41) is -0.225. The fraction of sp³-hybridized carbons (Fsp3) is 0.533. The Labute approximate surface area is 141 Å². The monoisotopic (exact) mass is 362 g/mol. The van der Waals surface area contributed by atoms with Crippen LogP contribution >= 0.6 is 11.6 Å². The first-order valence-electron chi connectivity index (χ1n) is 7.47. The van der Waals surface area contributed by atoms with Crippen LogP contribution in [0.3, 0.4) is 0 Å². The van der Waals surface area contributed by atoms with Crippen LogP contribution in [0.15, 0.2) is 23.1 Å². The molecule has 1 fully saturated rings. The van der Waals surface area contributed by atoms with E-state index in [1.165, 1.54) is 10.4 Å². The Hall–Kier alpha value is -1.18. The molecule has 1 aliphatic heterocycles. The maximum Gasteiger partial charge on any atom is 0.243 e. The molecule has 1 aliphatic rings. The van der Waals surface area contributed by atoms with Gasteiger partial charge in [-0.15, -0.1) is 0 Å². The number of hydrogen-bond donors (Lipinski definition) is 0. The first-order chi connectivity index (χ1) is 10.7. The molecule has 128 valence electrons. The van der Waals surface area contributed by atoms with Crippen molar-refractivity contribution in [2.75, 3.05) is 26.2 Å². The van der Waals surface area contributed by atoms with E-state index in [1.54, 1.807) is 4.90 Å². The molecule has 1 amide bonds. The van der Waals surface area contributed by atoms with Gasteiger partial charge < -0.3 is 4.90 Å². The van der Waals surface area contributed by atoms with Crippen molar-refractivity contribution in [3.8, 4) is 0 Å². The third-order valence-corrected chi connectivity index (χ3v) is 5.97. The zero-order valence-electron chi connectivity index (χ0n) is 13.1. The van der Waals surface area contributed by atoms with Crippen LogP contribution in [0.4, 0.5) is 4.39 Å². The molecule has 0 radical (unpaired) electrons.